The van der Waals surface area contributed by atoms with Crippen LogP contribution in [0.1, 0.15) is 0 Å². The van der Waals surface area contributed by atoms with Crippen LogP contribution in [-0.2, 0) is 0 Å². The zero-order valence-corrected chi connectivity index (χ0v) is 12.0. The molecule has 96 valence electrons. The van der Waals surface area contributed by atoms with Gasteiger partial charge < -0.3 is 11.5 Å². The topological polar surface area (TPSA) is 64.9 Å². The molecule has 0 saturated heterocycles. The zero-order chi connectivity index (χ0) is 13.6. The first-order chi connectivity index (χ1) is 9.04. The summed E-state index contributed by atoms with van der Waals surface area (Å²) in [5.41, 5.74) is 14.3. The van der Waals surface area contributed by atoms with Gasteiger partial charge in [0.2, 0.25) is 0 Å². The van der Waals surface area contributed by atoms with Crippen molar-refractivity contribution in [2.45, 2.75) is 0 Å². The summed E-state index contributed by atoms with van der Waals surface area (Å²) in [6, 6.07) is 9.18. The van der Waals surface area contributed by atoms with Gasteiger partial charge in [-0.15, -0.1) is 11.3 Å². The average molecular weight is 310 g/mol. The number of hydrogen-bond donors (Lipinski definition) is 2. The van der Waals surface area contributed by atoms with Gasteiger partial charge in [0, 0.05) is 11.3 Å². The van der Waals surface area contributed by atoms with Crippen molar-refractivity contribution < 1.29 is 0 Å². The minimum atomic E-state index is 0.387. The molecule has 0 amide bonds. The van der Waals surface area contributed by atoms with E-state index in [0.717, 1.165) is 20.8 Å². The summed E-state index contributed by atoms with van der Waals surface area (Å²) < 4.78 is 1.06. The smallest absolute Gasteiger partial charge is 0.124 e. The molecule has 0 bridgehead atoms. The molecule has 0 spiro atoms. The Hall–Kier alpha value is -1.49. The van der Waals surface area contributed by atoms with Crippen molar-refractivity contribution in [1.29, 1.82) is 0 Å². The zero-order valence-electron chi connectivity index (χ0n) is 9.65. The molecule has 0 aliphatic heterocycles. The van der Waals surface area contributed by atoms with Gasteiger partial charge in [0.05, 0.1) is 25.9 Å². The predicted octanol–water partition coefficient (Wildman–Crippen LogP) is 4.43. The molecule has 6 heteroatoms. The molecule has 0 aliphatic carbocycles. The monoisotopic (exact) mass is 309 g/mol. The summed E-state index contributed by atoms with van der Waals surface area (Å²) in [7, 11) is 0. The third-order valence-electron chi connectivity index (χ3n) is 2.74. The van der Waals surface area contributed by atoms with Crippen molar-refractivity contribution in [3.63, 3.8) is 0 Å². The fourth-order valence-electron chi connectivity index (χ4n) is 1.78. The number of anilines is 2. The summed E-state index contributed by atoms with van der Waals surface area (Å²) in [5.74, 6) is 0. The molecule has 3 nitrogen and oxygen atoms in total. The molecule has 0 aliphatic rings. The molecule has 0 atom stereocenters. The van der Waals surface area contributed by atoms with Crippen LogP contribution in [0.15, 0.2) is 30.3 Å². The standard InChI is InChI=1S/C13H9Cl2N3S/c14-8-3-6(4-9(15)12(8)17)13-18-10-5-7(16)1-2-11(10)19-13/h1-5H,16-17H2. The summed E-state index contributed by atoms with van der Waals surface area (Å²) in [4.78, 5) is 4.54. The van der Waals surface area contributed by atoms with E-state index in [1.165, 1.54) is 0 Å². The van der Waals surface area contributed by atoms with Gasteiger partial charge >= 0.3 is 0 Å². The average Bonchev–Trinajstić information content (AvgIpc) is 2.78. The molecule has 3 aromatic rings. The van der Waals surface area contributed by atoms with Crippen molar-refractivity contribution in [2.75, 3.05) is 11.5 Å². The van der Waals surface area contributed by atoms with E-state index in [4.69, 9.17) is 34.7 Å². The number of aromatic nitrogens is 1. The van der Waals surface area contributed by atoms with Gasteiger partial charge in [0.15, 0.2) is 0 Å². The number of nitrogens with two attached hydrogens (primary N) is 2. The summed E-state index contributed by atoms with van der Waals surface area (Å²) >= 11 is 13.6. The van der Waals surface area contributed by atoms with Crippen LogP contribution in [0.3, 0.4) is 0 Å². The molecule has 0 fully saturated rings. The van der Waals surface area contributed by atoms with Crippen LogP contribution < -0.4 is 11.5 Å². The third kappa shape index (κ3) is 2.23. The largest absolute Gasteiger partial charge is 0.399 e. The number of rotatable bonds is 1. The minimum absolute atomic E-state index is 0.387. The van der Waals surface area contributed by atoms with E-state index >= 15 is 0 Å². The highest BCUT2D eigenvalue weighted by molar-refractivity contribution is 7.21. The van der Waals surface area contributed by atoms with E-state index < -0.39 is 0 Å². The van der Waals surface area contributed by atoms with Crippen LogP contribution in [0.4, 0.5) is 11.4 Å². The SMILES string of the molecule is Nc1ccc2sc(-c3cc(Cl)c(N)c(Cl)c3)nc2c1. The van der Waals surface area contributed by atoms with Gasteiger partial charge in [0.25, 0.3) is 0 Å². The Morgan fingerprint density at radius 3 is 2.37 bits per heavy atom. The second-order valence-corrected chi connectivity index (χ2v) is 5.94. The van der Waals surface area contributed by atoms with E-state index in [0.29, 0.717) is 21.4 Å². The van der Waals surface area contributed by atoms with Crippen LogP contribution >= 0.6 is 34.5 Å². The Labute approximate surface area is 123 Å². The van der Waals surface area contributed by atoms with Crippen molar-refractivity contribution in [3.8, 4) is 10.6 Å². The number of thiazole rings is 1. The number of fused-ring (bicyclic) bond motifs is 1. The van der Waals surface area contributed by atoms with Crippen molar-refractivity contribution in [3.05, 3.63) is 40.4 Å². The lowest BCUT2D eigenvalue weighted by Gasteiger charge is -2.03. The van der Waals surface area contributed by atoms with E-state index in [1.807, 2.05) is 18.2 Å². The Morgan fingerprint density at radius 1 is 1.00 bits per heavy atom. The molecular weight excluding hydrogens is 301 g/mol. The second-order valence-electron chi connectivity index (χ2n) is 4.10. The quantitative estimate of drug-likeness (QED) is 0.653. The van der Waals surface area contributed by atoms with Crippen LogP contribution in [0.5, 0.6) is 0 Å². The van der Waals surface area contributed by atoms with Gasteiger partial charge in [-0.1, -0.05) is 23.2 Å². The maximum Gasteiger partial charge on any atom is 0.124 e. The maximum atomic E-state index is 6.04. The lowest BCUT2D eigenvalue weighted by atomic mass is 10.2. The van der Waals surface area contributed by atoms with E-state index in [-0.39, 0.29) is 0 Å². The third-order valence-corrected chi connectivity index (χ3v) is 4.45. The summed E-state index contributed by atoms with van der Waals surface area (Å²) in [6.07, 6.45) is 0. The lowest BCUT2D eigenvalue weighted by Crippen LogP contribution is -1.88. The molecule has 1 heterocycles. The normalized spacial score (nSPS) is 11.1. The number of hydrogen-bond acceptors (Lipinski definition) is 4. The fourth-order valence-corrected chi connectivity index (χ4v) is 3.20. The fraction of sp³-hybridized carbons (Fsp3) is 0. The van der Waals surface area contributed by atoms with Crippen LogP contribution in [0.25, 0.3) is 20.8 Å². The first-order valence-corrected chi connectivity index (χ1v) is 7.03. The van der Waals surface area contributed by atoms with Gasteiger partial charge in [-0.2, -0.15) is 0 Å². The highest BCUT2D eigenvalue weighted by Gasteiger charge is 2.11. The molecule has 0 saturated carbocycles. The first-order valence-electron chi connectivity index (χ1n) is 5.45. The molecule has 1 aromatic heterocycles. The molecule has 0 unspecified atom stereocenters. The number of benzene rings is 2. The Kier molecular flexibility index (Phi) is 3.01. The Morgan fingerprint density at radius 2 is 1.68 bits per heavy atom. The lowest BCUT2D eigenvalue weighted by molar-refractivity contribution is 1.48. The Balaban J connectivity index is 2.19. The van der Waals surface area contributed by atoms with E-state index in [2.05, 4.69) is 4.98 Å². The number of halogens is 2. The van der Waals surface area contributed by atoms with Crippen molar-refractivity contribution in [1.82, 2.24) is 4.98 Å². The van der Waals surface area contributed by atoms with E-state index in [1.54, 1.807) is 23.5 Å². The van der Waals surface area contributed by atoms with Gasteiger partial charge in [-0.25, -0.2) is 4.98 Å². The molecule has 4 N–H and O–H groups in total. The number of nitrogens with zero attached hydrogens (tertiary/aromatic N) is 1. The summed E-state index contributed by atoms with van der Waals surface area (Å²) in [6.45, 7) is 0. The molecule has 3 rings (SSSR count). The van der Waals surface area contributed by atoms with Crippen LogP contribution in [-0.4, -0.2) is 4.98 Å². The van der Waals surface area contributed by atoms with Crippen LogP contribution in [0.2, 0.25) is 10.0 Å². The molecular formula is C13H9Cl2N3S. The minimum Gasteiger partial charge on any atom is -0.399 e. The maximum absolute atomic E-state index is 6.04. The number of nitrogen functional groups attached to an aromatic ring is 2. The molecule has 19 heavy (non-hydrogen) atoms. The van der Waals surface area contributed by atoms with E-state index in [9.17, 15) is 0 Å². The van der Waals surface area contributed by atoms with Gasteiger partial charge in [0.1, 0.15) is 5.01 Å². The highest BCUT2D eigenvalue weighted by Crippen LogP contribution is 2.37. The van der Waals surface area contributed by atoms with Crippen molar-refractivity contribution >= 4 is 56.1 Å². The highest BCUT2D eigenvalue weighted by atomic mass is 35.5. The molecule has 2 aromatic carbocycles. The Bertz CT molecular complexity index is 760. The van der Waals surface area contributed by atoms with Crippen molar-refractivity contribution in [2.24, 2.45) is 0 Å². The summed E-state index contributed by atoms with van der Waals surface area (Å²) in [5, 5.41) is 1.70. The molecule has 0 radical (unpaired) electrons. The second kappa shape index (κ2) is 4.56. The predicted molar refractivity (Wildman–Crippen MR) is 83.9 cm³/mol. The van der Waals surface area contributed by atoms with Gasteiger partial charge in [-0.3, -0.25) is 0 Å². The van der Waals surface area contributed by atoms with Crippen LogP contribution in [0, 0.1) is 0 Å². The van der Waals surface area contributed by atoms with Gasteiger partial charge in [-0.05, 0) is 30.3 Å². The first kappa shape index (κ1) is 12.5.